The Morgan fingerprint density at radius 3 is 2.79 bits per heavy atom. The average Bonchev–Trinajstić information content (AvgIpc) is 2.63. The van der Waals surface area contributed by atoms with Crippen molar-refractivity contribution in [3.63, 3.8) is 0 Å². The molecule has 4 N–H and O–H groups in total. The topological polar surface area (TPSA) is 92.5 Å². The van der Waals surface area contributed by atoms with E-state index in [4.69, 9.17) is 5.73 Å². The molecular weight excluding hydrogens is 180 g/mol. The van der Waals surface area contributed by atoms with Crippen LogP contribution in [0, 0.1) is 0 Å². The van der Waals surface area contributed by atoms with Crippen molar-refractivity contribution in [2.24, 2.45) is 0 Å². The minimum absolute atomic E-state index is 0.562. The van der Waals surface area contributed by atoms with Crippen molar-refractivity contribution in [1.82, 2.24) is 20.2 Å². The van der Waals surface area contributed by atoms with Crippen molar-refractivity contribution >= 4 is 11.8 Å². The summed E-state index contributed by atoms with van der Waals surface area (Å²) in [6.45, 7) is 0.562. The van der Waals surface area contributed by atoms with Gasteiger partial charge in [-0.2, -0.15) is 5.10 Å². The molecule has 0 amide bonds. The highest BCUT2D eigenvalue weighted by molar-refractivity contribution is 5.39. The number of H-pyrrole nitrogens is 1. The lowest BCUT2D eigenvalue weighted by Crippen LogP contribution is -2.03. The molecule has 2 rings (SSSR count). The first-order valence-corrected chi connectivity index (χ1v) is 4.15. The van der Waals surface area contributed by atoms with E-state index in [1.165, 1.54) is 0 Å². The molecule has 0 saturated heterocycles. The summed E-state index contributed by atoms with van der Waals surface area (Å²) < 4.78 is 0. The molecule has 0 aliphatic rings. The minimum atomic E-state index is 0.562. The number of hydrogen-bond acceptors (Lipinski definition) is 5. The van der Waals surface area contributed by atoms with Crippen LogP contribution in [0.5, 0.6) is 0 Å². The van der Waals surface area contributed by atoms with E-state index in [-0.39, 0.29) is 0 Å². The van der Waals surface area contributed by atoms with Gasteiger partial charge >= 0.3 is 0 Å². The van der Waals surface area contributed by atoms with Crippen LogP contribution in [-0.4, -0.2) is 20.2 Å². The van der Waals surface area contributed by atoms with Gasteiger partial charge in [-0.25, -0.2) is 9.97 Å². The molecule has 0 atom stereocenters. The molecule has 0 bridgehead atoms. The number of aromatic amines is 1. The van der Waals surface area contributed by atoms with E-state index in [1.54, 1.807) is 24.7 Å². The molecule has 2 aromatic rings. The number of nitrogens with one attached hydrogen (secondary N) is 2. The Morgan fingerprint density at radius 1 is 1.36 bits per heavy atom. The van der Waals surface area contributed by atoms with E-state index in [0.29, 0.717) is 18.3 Å². The molecular formula is C8H10N6. The molecule has 2 aromatic heterocycles. The molecule has 6 heteroatoms. The summed E-state index contributed by atoms with van der Waals surface area (Å²) >= 11 is 0. The molecule has 72 valence electrons. The van der Waals surface area contributed by atoms with Crippen LogP contribution in [0.2, 0.25) is 0 Å². The molecule has 6 nitrogen and oxygen atoms in total. The molecule has 0 spiro atoms. The van der Waals surface area contributed by atoms with Crippen LogP contribution in [0.25, 0.3) is 0 Å². The van der Waals surface area contributed by atoms with E-state index in [9.17, 15) is 0 Å². The van der Waals surface area contributed by atoms with E-state index in [1.807, 2.05) is 0 Å². The van der Waals surface area contributed by atoms with Crippen LogP contribution in [0.4, 0.5) is 11.8 Å². The molecule has 0 aromatic carbocycles. The highest BCUT2D eigenvalue weighted by Crippen LogP contribution is 2.07. The van der Waals surface area contributed by atoms with Gasteiger partial charge in [0.1, 0.15) is 5.82 Å². The summed E-state index contributed by atoms with van der Waals surface area (Å²) in [5.41, 5.74) is 6.51. The SMILES string of the molecule is Nc1[nH]ncc1CNc1ncccn1. The summed E-state index contributed by atoms with van der Waals surface area (Å²) in [5, 5.41) is 9.48. The molecule has 0 aliphatic carbocycles. The molecule has 14 heavy (non-hydrogen) atoms. The maximum Gasteiger partial charge on any atom is 0.222 e. The molecule has 0 unspecified atom stereocenters. The van der Waals surface area contributed by atoms with Crippen molar-refractivity contribution in [1.29, 1.82) is 0 Å². The normalized spacial score (nSPS) is 10.0. The summed E-state index contributed by atoms with van der Waals surface area (Å²) in [5.74, 6) is 1.14. The number of anilines is 2. The highest BCUT2D eigenvalue weighted by atomic mass is 15.2. The summed E-state index contributed by atoms with van der Waals surface area (Å²) in [7, 11) is 0. The lowest BCUT2D eigenvalue weighted by molar-refractivity contribution is 1.06. The van der Waals surface area contributed by atoms with Gasteiger partial charge in [0, 0.05) is 24.5 Å². The first kappa shape index (κ1) is 8.49. The predicted octanol–water partition coefficient (Wildman–Crippen LogP) is 0.394. The third kappa shape index (κ3) is 1.79. The average molecular weight is 190 g/mol. The molecule has 0 aliphatic heterocycles. The van der Waals surface area contributed by atoms with Gasteiger partial charge in [0.15, 0.2) is 0 Å². The van der Waals surface area contributed by atoms with E-state index in [2.05, 4.69) is 25.5 Å². The van der Waals surface area contributed by atoms with Crippen molar-refractivity contribution < 1.29 is 0 Å². The van der Waals surface area contributed by atoms with Crippen molar-refractivity contribution in [3.8, 4) is 0 Å². The molecule has 2 heterocycles. The van der Waals surface area contributed by atoms with Crippen molar-refractivity contribution in [2.75, 3.05) is 11.1 Å². The zero-order valence-electron chi connectivity index (χ0n) is 7.44. The van der Waals surface area contributed by atoms with Gasteiger partial charge in [0.2, 0.25) is 5.95 Å². The standard InChI is InChI=1S/C8H10N6/c9-7-6(5-13-14-7)4-12-8-10-2-1-3-11-8/h1-3,5H,4H2,(H3,9,13,14)(H,10,11,12). The van der Waals surface area contributed by atoms with E-state index >= 15 is 0 Å². The summed E-state index contributed by atoms with van der Waals surface area (Å²) in [4.78, 5) is 8.03. The Kier molecular flexibility index (Phi) is 2.26. The van der Waals surface area contributed by atoms with Crippen LogP contribution in [0.15, 0.2) is 24.7 Å². The fourth-order valence-electron chi connectivity index (χ4n) is 1.03. The Hall–Kier alpha value is -2.11. The lowest BCUT2D eigenvalue weighted by Gasteiger charge is -2.01. The highest BCUT2D eigenvalue weighted by Gasteiger charge is 2.00. The van der Waals surface area contributed by atoms with E-state index < -0.39 is 0 Å². The zero-order chi connectivity index (χ0) is 9.80. The number of aromatic nitrogens is 4. The van der Waals surface area contributed by atoms with E-state index in [0.717, 1.165) is 5.56 Å². The number of nitrogen functional groups attached to an aromatic ring is 1. The van der Waals surface area contributed by atoms with Gasteiger partial charge in [0.05, 0.1) is 6.20 Å². The summed E-state index contributed by atoms with van der Waals surface area (Å²) in [6, 6.07) is 1.76. The Labute approximate surface area is 80.6 Å². The zero-order valence-corrected chi connectivity index (χ0v) is 7.44. The maximum absolute atomic E-state index is 5.61. The molecule has 0 radical (unpaired) electrons. The van der Waals surface area contributed by atoms with Crippen molar-refractivity contribution in [3.05, 3.63) is 30.2 Å². The monoisotopic (exact) mass is 190 g/mol. The summed E-state index contributed by atoms with van der Waals surface area (Å²) in [6.07, 6.45) is 5.02. The quantitative estimate of drug-likeness (QED) is 0.651. The fraction of sp³-hybridized carbons (Fsp3) is 0.125. The van der Waals surface area contributed by atoms with Gasteiger partial charge < -0.3 is 11.1 Å². The second-order valence-electron chi connectivity index (χ2n) is 2.73. The number of nitrogens with zero attached hydrogens (tertiary/aromatic N) is 3. The first-order chi connectivity index (χ1) is 6.86. The Balaban J connectivity index is 1.99. The van der Waals surface area contributed by atoms with Crippen LogP contribution in [0.1, 0.15) is 5.56 Å². The van der Waals surface area contributed by atoms with Gasteiger partial charge in [-0.05, 0) is 6.07 Å². The van der Waals surface area contributed by atoms with Crippen LogP contribution in [-0.2, 0) is 6.54 Å². The molecule has 0 saturated carbocycles. The van der Waals surface area contributed by atoms with Crippen molar-refractivity contribution in [2.45, 2.75) is 6.54 Å². The Morgan fingerprint density at radius 2 is 2.14 bits per heavy atom. The minimum Gasteiger partial charge on any atom is -0.384 e. The second-order valence-corrected chi connectivity index (χ2v) is 2.73. The van der Waals surface area contributed by atoms with Crippen LogP contribution < -0.4 is 11.1 Å². The Bertz CT molecular complexity index is 395. The van der Waals surface area contributed by atoms with Crippen LogP contribution >= 0.6 is 0 Å². The number of nitrogens with two attached hydrogens (primary N) is 1. The van der Waals surface area contributed by atoms with Gasteiger partial charge in [0.25, 0.3) is 0 Å². The van der Waals surface area contributed by atoms with Crippen LogP contribution in [0.3, 0.4) is 0 Å². The fourth-order valence-corrected chi connectivity index (χ4v) is 1.03. The number of rotatable bonds is 3. The van der Waals surface area contributed by atoms with Gasteiger partial charge in [-0.15, -0.1) is 0 Å². The third-order valence-electron chi connectivity index (χ3n) is 1.75. The second kappa shape index (κ2) is 3.73. The predicted molar refractivity (Wildman–Crippen MR) is 52.4 cm³/mol. The van der Waals surface area contributed by atoms with Gasteiger partial charge in [-0.1, -0.05) is 0 Å². The van der Waals surface area contributed by atoms with Gasteiger partial charge in [-0.3, -0.25) is 5.10 Å². The third-order valence-corrected chi connectivity index (χ3v) is 1.75. The first-order valence-electron chi connectivity index (χ1n) is 4.15. The largest absolute Gasteiger partial charge is 0.384 e. The maximum atomic E-state index is 5.61. The smallest absolute Gasteiger partial charge is 0.222 e. The molecule has 0 fully saturated rings. The number of hydrogen-bond donors (Lipinski definition) is 3. The lowest BCUT2D eigenvalue weighted by atomic mass is 10.3.